The molecule has 1 amide bonds. The highest BCUT2D eigenvalue weighted by atomic mass is 16.5. The van der Waals surface area contributed by atoms with Crippen molar-refractivity contribution < 1.29 is 23.8 Å². The minimum Gasteiger partial charge on any atom is -0.507 e. The lowest BCUT2D eigenvalue weighted by Gasteiger charge is -2.24. The molecular formula is C27H27NO5. The molecule has 0 radical (unpaired) electrons. The lowest BCUT2D eigenvalue weighted by atomic mass is 9.92. The van der Waals surface area contributed by atoms with E-state index in [0.29, 0.717) is 22.8 Å². The van der Waals surface area contributed by atoms with Crippen molar-refractivity contribution in [1.29, 1.82) is 0 Å². The average molecular weight is 446 g/mol. The monoisotopic (exact) mass is 445 g/mol. The van der Waals surface area contributed by atoms with E-state index in [1.807, 2.05) is 58.0 Å². The van der Waals surface area contributed by atoms with Gasteiger partial charge < -0.3 is 14.3 Å². The van der Waals surface area contributed by atoms with Gasteiger partial charge in [0.25, 0.3) is 11.7 Å². The van der Waals surface area contributed by atoms with Gasteiger partial charge in [-0.3, -0.25) is 14.5 Å². The fourth-order valence-corrected chi connectivity index (χ4v) is 4.32. The van der Waals surface area contributed by atoms with Gasteiger partial charge in [0.15, 0.2) is 0 Å². The maximum atomic E-state index is 13.3. The molecule has 0 bridgehead atoms. The van der Waals surface area contributed by atoms with Crippen molar-refractivity contribution in [2.45, 2.75) is 39.7 Å². The van der Waals surface area contributed by atoms with Crippen LogP contribution in [-0.2, 0) is 9.59 Å². The van der Waals surface area contributed by atoms with Gasteiger partial charge in [-0.2, -0.15) is 0 Å². The summed E-state index contributed by atoms with van der Waals surface area (Å²) in [5.74, 6) is -0.459. The molecule has 4 rings (SSSR count). The van der Waals surface area contributed by atoms with E-state index in [4.69, 9.17) is 9.15 Å². The van der Waals surface area contributed by atoms with Crippen LogP contribution in [0, 0.1) is 13.8 Å². The van der Waals surface area contributed by atoms with Gasteiger partial charge in [-0.1, -0.05) is 26.0 Å². The Labute approximate surface area is 193 Å². The van der Waals surface area contributed by atoms with E-state index < -0.39 is 17.7 Å². The number of anilines is 1. The maximum absolute atomic E-state index is 13.3. The summed E-state index contributed by atoms with van der Waals surface area (Å²) in [6.45, 7) is 7.80. The molecule has 1 unspecified atom stereocenters. The van der Waals surface area contributed by atoms with Crippen LogP contribution in [0.4, 0.5) is 5.69 Å². The van der Waals surface area contributed by atoms with E-state index in [2.05, 4.69) is 0 Å². The molecule has 1 aliphatic rings. The molecule has 1 aliphatic heterocycles. The van der Waals surface area contributed by atoms with Gasteiger partial charge in [0.1, 0.15) is 23.3 Å². The van der Waals surface area contributed by atoms with Crippen LogP contribution in [0.15, 0.2) is 64.8 Å². The number of rotatable bonds is 5. The van der Waals surface area contributed by atoms with Crippen LogP contribution >= 0.6 is 0 Å². The molecular weight excluding hydrogens is 418 g/mol. The number of aryl methyl sites for hydroxylation is 2. The summed E-state index contributed by atoms with van der Waals surface area (Å²) in [6.07, 6.45) is 1.49. The molecule has 1 N–H and O–H groups in total. The largest absolute Gasteiger partial charge is 0.507 e. The van der Waals surface area contributed by atoms with Crippen LogP contribution in [0.1, 0.15) is 53.8 Å². The lowest BCUT2D eigenvalue weighted by Crippen LogP contribution is -2.29. The third-order valence-corrected chi connectivity index (χ3v) is 5.99. The molecule has 6 heteroatoms. The van der Waals surface area contributed by atoms with Crippen molar-refractivity contribution in [3.8, 4) is 5.75 Å². The number of benzene rings is 2. The molecule has 0 aliphatic carbocycles. The fourth-order valence-electron chi connectivity index (χ4n) is 4.32. The molecule has 3 aromatic rings. The quantitative estimate of drug-likeness (QED) is 0.312. The van der Waals surface area contributed by atoms with E-state index in [0.717, 1.165) is 16.7 Å². The molecule has 1 atom stereocenters. The lowest BCUT2D eigenvalue weighted by molar-refractivity contribution is -0.132. The Balaban J connectivity index is 1.96. The summed E-state index contributed by atoms with van der Waals surface area (Å²) in [5.41, 5.74) is 3.62. The Morgan fingerprint density at radius 1 is 1.09 bits per heavy atom. The Morgan fingerprint density at radius 2 is 1.85 bits per heavy atom. The number of carbonyl (C=O) groups excluding carboxylic acids is 2. The van der Waals surface area contributed by atoms with E-state index in [1.54, 1.807) is 25.3 Å². The molecule has 170 valence electrons. The zero-order valence-electron chi connectivity index (χ0n) is 19.4. The standard InChI is InChI=1S/C27H27NO5/c1-15(2)19-14-20(17(4)13-22(19)32-5)25(29)23-24(21-10-7-11-33-21)28(27(31)26(23)30)18-9-6-8-16(3)12-18/h6-15,24,29H,1-5H3/b25-23+. The number of hydrogen-bond acceptors (Lipinski definition) is 5. The number of nitrogens with zero attached hydrogens (tertiary/aromatic N) is 1. The Hall–Kier alpha value is -3.80. The number of aliphatic hydroxyl groups excluding tert-OH is 1. The first-order chi connectivity index (χ1) is 15.7. The molecule has 1 fully saturated rings. The zero-order chi connectivity index (χ0) is 23.9. The van der Waals surface area contributed by atoms with E-state index in [-0.39, 0.29) is 17.3 Å². The SMILES string of the molecule is COc1cc(C)c(/C(O)=C2\C(=O)C(=O)N(c3cccc(C)c3)C2c2ccco2)cc1C(C)C. The van der Waals surface area contributed by atoms with Gasteiger partial charge in [-0.15, -0.1) is 0 Å². The van der Waals surface area contributed by atoms with E-state index in [1.165, 1.54) is 11.2 Å². The second-order valence-electron chi connectivity index (χ2n) is 8.59. The normalized spacial score (nSPS) is 17.8. The number of Topliss-reactive ketones (excluding diaryl/α,β-unsaturated/α-hetero) is 1. The highest BCUT2D eigenvalue weighted by molar-refractivity contribution is 6.51. The van der Waals surface area contributed by atoms with Gasteiger partial charge >= 0.3 is 0 Å². The van der Waals surface area contributed by atoms with Gasteiger partial charge in [-0.05, 0) is 72.9 Å². The minimum absolute atomic E-state index is 0.000529. The number of furan rings is 1. The highest BCUT2D eigenvalue weighted by Gasteiger charge is 2.48. The summed E-state index contributed by atoms with van der Waals surface area (Å²) in [5, 5.41) is 11.4. The maximum Gasteiger partial charge on any atom is 0.300 e. The second kappa shape index (κ2) is 8.62. The number of hydrogen-bond donors (Lipinski definition) is 1. The molecule has 2 heterocycles. The van der Waals surface area contributed by atoms with Crippen LogP contribution in [0.2, 0.25) is 0 Å². The Kier molecular flexibility index (Phi) is 5.85. The van der Waals surface area contributed by atoms with Crippen molar-refractivity contribution in [3.63, 3.8) is 0 Å². The number of ether oxygens (including phenoxy) is 1. The van der Waals surface area contributed by atoms with Crippen LogP contribution in [0.25, 0.3) is 5.76 Å². The predicted octanol–water partition coefficient (Wildman–Crippen LogP) is 5.65. The van der Waals surface area contributed by atoms with Crippen LogP contribution in [0.5, 0.6) is 5.75 Å². The first kappa shape index (κ1) is 22.4. The number of carbonyl (C=O) groups is 2. The fraction of sp³-hybridized carbons (Fsp3) is 0.259. The zero-order valence-corrected chi connectivity index (χ0v) is 19.4. The van der Waals surface area contributed by atoms with E-state index in [9.17, 15) is 14.7 Å². The Morgan fingerprint density at radius 3 is 2.45 bits per heavy atom. The highest BCUT2D eigenvalue weighted by Crippen LogP contribution is 2.43. The first-order valence-corrected chi connectivity index (χ1v) is 10.8. The number of methoxy groups -OCH3 is 1. The minimum atomic E-state index is -0.884. The third-order valence-electron chi connectivity index (χ3n) is 5.99. The molecule has 33 heavy (non-hydrogen) atoms. The number of amides is 1. The van der Waals surface area contributed by atoms with Crippen LogP contribution < -0.4 is 9.64 Å². The molecule has 0 saturated carbocycles. The second-order valence-corrected chi connectivity index (χ2v) is 8.59. The van der Waals surface area contributed by atoms with Gasteiger partial charge in [0.2, 0.25) is 0 Å². The molecule has 6 nitrogen and oxygen atoms in total. The number of ketones is 1. The predicted molar refractivity (Wildman–Crippen MR) is 126 cm³/mol. The first-order valence-electron chi connectivity index (χ1n) is 10.8. The molecule has 1 aromatic heterocycles. The summed E-state index contributed by atoms with van der Waals surface area (Å²) in [7, 11) is 1.60. The smallest absolute Gasteiger partial charge is 0.300 e. The van der Waals surface area contributed by atoms with Gasteiger partial charge in [0, 0.05) is 11.3 Å². The van der Waals surface area contributed by atoms with Crippen LogP contribution in [0.3, 0.4) is 0 Å². The summed E-state index contributed by atoms with van der Waals surface area (Å²) >= 11 is 0. The van der Waals surface area contributed by atoms with Crippen molar-refractivity contribution >= 4 is 23.1 Å². The van der Waals surface area contributed by atoms with Crippen molar-refractivity contribution in [2.75, 3.05) is 12.0 Å². The summed E-state index contributed by atoms with van der Waals surface area (Å²) in [6, 6.07) is 13.5. The van der Waals surface area contributed by atoms with Crippen molar-refractivity contribution in [3.05, 3.63) is 88.4 Å². The summed E-state index contributed by atoms with van der Waals surface area (Å²) < 4.78 is 11.1. The molecule has 1 saturated heterocycles. The van der Waals surface area contributed by atoms with E-state index >= 15 is 0 Å². The summed E-state index contributed by atoms with van der Waals surface area (Å²) in [4.78, 5) is 27.9. The van der Waals surface area contributed by atoms with Crippen LogP contribution in [-0.4, -0.2) is 23.9 Å². The molecule has 2 aromatic carbocycles. The Bertz CT molecular complexity index is 1250. The number of aliphatic hydroxyl groups is 1. The van der Waals surface area contributed by atoms with Crippen molar-refractivity contribution in [1.82, 2.24) is 0 Å². The topological polar surface area (TPSA) is 80.0 Å². The molecule has 0 spiro atoms. The van der Waals surface area contributed by atoms with Gasteiger partial charge in [-0.25, -0.2) is 0 Å². The van der Waals surface area contributed by atoms with Gasteiger partial charge in [0.05, 0.1) is 18.9 Å². The average Bonchev–Trinajstić information content (AvgIpc) is 3.40. The van der Waals surface area contributed by atoms with Crippen molar-refractivity contribution in [2.24, 2.45) is 0 Å². The third kappa shape index (κ3) is 3.82.